The molecule has 0 unspecified atom stereocenters. The molecule has 1 aliphatic rings. The number of nitrogens with two attached hydrogens (primary N) is 1. The first-order chi connectivity index (χ1) is 12.2. The van der Waals surface area contributed by atoms with Gasteiger partial charge in [-0.1, -0.05) is 30.3 Å². The molecule has 26 heavy (non-hydrogen) atoms. The van der Waals surface area contributed by atoms with Crippen LogP contribution in [0.4, 0.5) is 0 Å². The van der Waals surface area contributed by atoms with E-state index in [9.17, 15) is 4.79 Å². The molecule has 1 amide bonds. The van der Waals surface area contributed by atoms with Gasteiger partial charge in [0.1, 0.15) is 11.5 Å². The highest BCUT2D eigenvalue weighted by atomic mass is 35.5. The Bertz CT molecular complexity index is 694. The number of hydrogen-bond donors (Lipinski definition) is 1. The first kappa shape index (κ1) is 20.1. The lowest BCUT2D eigenvalue weighted by atomic mass is 9.89. The molecule has 0 aliphatic carbocycles. The summed E-state index contributed by atoms with van der Waals surface area (Å²) in [5.41, 5.74) is 7.18. The maximum Gasteiger partial charge on any atom is 0.260 e. The summed E-state index contributed by atoms with van der Waals surface area (Å²) in [5, 5.41) is 0. The summed E-state index contributed by atoms with van der Waals surface area (Å²) in [7, 11) is 1.61. The molecule has 0 radical (unpaired) electrons. The third kappa shape index (κ3) is 4.68. The molecule has 0 spiro atoms. The van der Waals surface area contributed by atoms with E-state index in [1.807, 2.05) is 35.2 Å². The second kappa shape index (κ2) is 9.46. The van der Waals surface area contributed by atoms with Crippen molar-refractivity contribution in [2.75, 3.05) is 33.4 Å². The van der Waals surface area contributed by atoms with Gasteiger partial charge in [-0.3, -0.25) is 4.79 Å². The van der Waals surface area contributed by atoms with Crippen LogP contribution in [0.5, 0.6) is 11.5 Å². The number of benzene rings is 2. The summed E-state index contributed by atoms with van der Waals surface area (Å²) in [5.74, 6) is 1.98. The summed E-state index contributed by atoms with van der Waals surface area (Å²) in [4.78, 5) is 14.4. The van der Waals surface area contributed by atoms with Gasteiger partial charge >= 0.3 is 0 Å². The lowest BCUT2D eigenvalue weighted by Gasteiger charge is -2.17. The molecule has 5 nitrogen and oxygen atoms in total. The quantitative estimate of drug-likeness (QED) is 0.841. The largest absolute Gasteiger partial charge is 0.497 e. The van der Waals surface area contributed by atoms with E-state index >= 15 is 0 Å². The van der Waals surface area contributed by atoms with E-state index in [0.29, 0.717) is 25.4 Å². The number of halogens is 1. The van der Waals surface area contributed by atoms with Gasteiger partial charge in [-0.05, 0) is 42.3 Å². The van der Waals surface area contributed by atoms with Crippen molar-refractivity contribution >= 4 is 18.3 Å². The Labute approximate surface area is 160 Å². The van der Waals surface area contributed by atoms with Crippen LogP contribution in [0.1, 0.15) is 11.5 Å². The fourth-order valence-corrected chi connectivity index (χ4v) is 3.30. The second-order valence-electron chi connectivity index (χ2n) is 6.28. The minimum Gasteiger partial charge on any atom is -0.497 e. The summed E-state index contributed by atoms with van der Waals surface area (Å²) in [6, 6.07) is 17.5. The van der Waals surface area contributed by atoms with Crippen LogP contribution in [-0.2, 0) is 4.79 Å². The van der Waals surface area contributed by atoms with Crippen LogP contribution in [-0.4, -0.2) is 44.2 Å². The molecule has 0 saturated carbocycles. The molecule has 1 saturated heterocycles. The van der Waals surface area contributed by atoms with Gasteiger partial charge in [0.05, 0.1) is 7.11 Å². The summed E-state index contributed by atoms with van der Waals surface area (Å²) in [6.07, 6.45) is 0. The fourth-order valence-electron chi connectivity index (χ4n) is 3.30. The van der Waals surface area contributed by atoms with Crippen LogP contribution >= 0.6 is 12.4 Å². The Morgan fingerprint density at radius 1 is 1.08 bits per heavy atom. The van der Waals surface area contributed by atoms with E-state index in [1.165, 1.54) is 5.56 Å². The van der Waals surface area contributed by atoms with Crippen LogP contribution in [0.15, 0.2) is 54.6 Å². The molecule has 1 aliphatic heterocycles. The van der Waals surface area contributed by atoms with Crippen molar-refractivity contribution in [1.82, 2.24) is 4.90 Å². The van der Waals surface area contributed by atoms with Crippen LogP contribution in [0, 0.1) is 5.92 Å². The average molecular weight is 377 g/mol. The molecule has 1 fully saturated rings. The summed E-state index contributed by atoms with van der Waals surface area (Å²) < 4.78 is 10.7. The Morgan fingerprint density at radius 3 is 2.35 bits per heavy atom. The molecule has 140 valence electrons. The molecule has 2 N–H and O–H groups in total. The van der Waals surface area contributed by atoms with Crippen LogP contribution < -0.4 is 15.2 Å². The molecule has 2 aromatic carbocycles. The van der Waals surface area contributed by atoms with Crippen LogP contribution in [0.25, 0.3) is 0 Å². The van der Waals surface area contributed by atoms with Gasteiger partial charge in [-0.25, -0.2) is 0 Å². The van der Waals surface area contributed by atoms with Crippen molar-refractivity contribution < 1.29 is 14.3 Å². The molecule has 6 heteroatoms. The van der Waals surface area contributed by atoms with Gasteiger partial charge in [0.15, 0.2) is 6.61 Å². The molecule has 0 bridgehead atoms. The predicted octanol–water partition coefficient (Wildman–Crippen LogP) is 2.70. The number of carbonyl (C=O) groups excluding carboxylic acids is 1. The summed E-state index contributed by atoms with van der Waals surface area (Å²) >= 11 is 0. The Kier molecular flexibility index (Phi) is 7.30. The molecule has 3 rings (SSSR count). The highest BCUT2D eigenvalue weighted by molar-refractivity contribution is 5.85. The third-order valence-electron chi connectivity index (χ3n) is 4.75. The van der Waals surface area contributed by atoms with Gasteiger partial charge in [-0.2, -0.15) is 0 Å². The van der Waals surface area contributed by atoms with Gasteiger partial charge in [0.2, 0.25) is 0 Å². The van der Waals surface area contributed by atoms with Crippen LogP contribution in [0.2, 0.25) is 0 Å². The lowest BCUT2D eigenvalue weighted by molar-refractivity contribution is -0.132. The Hall–Kier alpha value is -2.24. The zero-order chi connectivity index (χ0) is 17.6. The van der Waals surface area contributed by atoms with Gasteiger partial charge < -0.3 is 20.1 Å². The van der Waals surface area contributed by atoms with E-state index < -0.39 is 0 Å². The van der Waals surface area contributed by atoms with Crippen molar-refractivity contribution in [2.45, 2.75) is 5.92 Å². The number of methoxy groups -OCH3 is 1. The number of likely N-dealkylation sites (tertiary alicyclic amines) is 1. The fraction of sp³-hybridized carbons (Fsp3) is 0.350. The van der Waals surface area contributed by atoms with E-state index in [0.717, 1.165) is 5.75 Å². The number of amides is 1. The maximum absolute atomic E-state index is 12.5. The van der Waals surface area contributed by atoms with Gasteiger partial charge in [-0.15, -0.1) is 12.4 Å². The molecule has 0 aromatic heterocycles. The average Bonchev–Trinajstić information content (AvgIpc) is 3.12. The Balaban J connectivity index is 0.00000243. The number of nitrogens with zero attached hydrogens (tertiary/aromatic N) is 1. The highest BCUT2D eigenvalue weighted by Gasteiger charge is 2.35. The van der Waals surface area contributed by atoms with Gasteiger partial charge in [0.25, 0.3) is 5.91 Å². The molecular formula is C20H25ClN2O3. The van der Waals surface area contributed by atoms with E-state index in [1.54, 1.807) is 19.2 Å². The molecule has 2 aromatic rings. The zero-order valence-corrected chi connectivity index (χ0v) is 15.7. The normalized spacial score (nSPS) is 18.9. The number of ether oxygens (including phenoxy) is 2. The van der Waals surface area contributed by atoms with E-state index in [2.05, 4.69) is 12.1 Å². The standard InChI is InChI=1S/C20H24N2O3.ClH/c1-24-17-7-9-18(10-8-17)25-14-20(23)22-12-16(11-21)19(13-22)15-5-3-2-4-6-15;/h2-10,16,19H,11-14,21H2,1H3;1H/t16-,19+;/m1./s1. The monoisotopic (exact) mass is 376 g/mol. The van der Waals surface area contributed by atoms with E-state index in [4.69, 9.17) is 15.2 Å². The highest BCUT2D eigenvalue weighted by Crippen LogP contribution is 2.32. The van der Waals surface area contributed by atoms with Crippen molar-refractivity contribution in [3.05, 3.63) is 60.2 Å². The zero-order valence-electron chi connectivity index (χ0n) is 14.8. The van der Waals surface area contributed by atoms with E-state index in [-0.39, 0.29) is 36.8 Å². The first-order valence-corrected chi connectivity index (χ1v) is 8.51. The van der Waals surface area contributed by atoms with Crippen molar-refractivity contribution in [1.29, 1.82) is 0 Å². The second-order valence-corrected chi connectivity index (χ2v) is 6.28. The van der Waals surface area contributed by atoms with Crippen molar-refractivity contribution in [2.24, 2.45) is 11.7 Å². The topological polar surface area (TPSA) is 64.8 Å². The number of hydrogen-bond acceptors (Lipinski definition) is 4. The first-order valence-electron chi connectivity index (χ1n) is 8.51. The smallest absolute Gasteiger partial charge is 0.260 e. The summed E-state index contributed by atoms with van der Waals surface area (Å²) in [6.45, 7) is 1.98. The van der Waals surface area contributed by atoms with Gasteiger partial charge in [0, 0.05) is 19.0 Å². The number of carbonyl (C=O) groups is 1. The lowest BCUT2D eigenvalue weighted by Crippen LogP contribution is -2.33. The SMILES string of the molecule is COc1ccc(OCC(=O)N2C[C@@H](CN)[C@H](c3ccccc3)C2)cc1.Cl. The minimum absolute atomic E-state index is 0. The number of rotatable bonds is 6. The predicted molar refractivity (Wildman–Crippen MR) is 104 cm³/mol. The van der Waals surface area contributed by atoms with Crippen molar-refractivity contribution in [3.63, 3.8) is 0 Å². The molecule has 2 atom stereocenters. The molecular weight excluding hydrogens is 352 g/mol. The third-order valence-corrected chi connectivity index (χ3v) is 4.75. The maximum atomic E-state index is 12.5. The van der Waals surface area contributed by atoms with Crippen LogP contribution in [0.3, 0.4) is 0 Å². The molecule has 1 heterocycles. The van der Waals surface area contributed by atoms with Crippen molar-refractivity contribution in [3.8, 4) is 11.5 Å². The minimum atomic E-state index is -0.00676. The Morgan fingerprint density at radius 2 is 1.73 bits per heavy atom.